The van der Waals surface area contributed by atoms with Crippen molar-refractivity contribution in [1.29, 1.82) is 0 Å². The Balaban J connectivity index is 2.04. The van der Waals surface area contributed by atoms with Gasteiger partial charge in [-0.1, -0.05) is 24.3 Å². The molecule has 0 aliphatic heterocycles. The summed E-state index contributed by atoms with van der Waals surface area (Å²) in [6.45, 7) is 2.15. The van der Waals surface area contributed by atoms with Gasteiger partial charge in [0.05, 0.1) is 6.20 Å². The Morgan fingerprint density at radius 2 is 2.11 bits per heavy atom. The molecule has 0 spiro atoms. The smallest absolute Gasteiger partial charge is 0.0521 e. The molecular formula is C15H19ClN2. The third-order valence-electron chi connectivity index (χ3n) is 3.35. The van der Waals surface area contributed by atoms with Gasteiger partial charge in [0, 0.05) is 19.1 Å². The number of aromatic nitrogens is 2. The van der Waals surface area contributed by atoms with Crippen molar-refractivity contribution >= 4 is 11.6 Å². The van der Waals surface area contributed by atoms with Crippen LogP contribution in [0, 0.1) is 6.92 Å². The Morgan fingerprint density at radius 3 is 2.72 bits per heavy atom. The topological polar surface area (TPSA) is 17.8 Å². The molecule has 2 aromatic rings. The van der Waals surface area contributed by atoms with Gasteiger partial charge < -0.3 is 0 Å². The summed E-state index contributed by atoms with van der Waals surface area (Å²) in [7, 11) is 1.95. The molecule has 0 bridgehead atoms. The van der Waals surface area contributed by atoms with Gasteiger partial charge in [-0.15, -0.1) is 11.6 Å². The molecule has 1 aromatic carbocycles. The first-order valence-corrected chi connectivity index (χ1v) is 6.83. The maximum absolute atomic E-state index is 6.12. The molecule has 2 rings (SSSR count). The third-order valence-corrected chi connectivity index (χ3v) is 3.73. The van der Waals surface area contributed by atoms with Crippen LogP contribution in [0.5, 0.6) is 0 Å². The molecule has 18 heavy (non-hydrogen) atoms. The summed E-state index contributed by atoms with van der Waals surface area (Å²) in [5.41, 5.74) is 3.98. The SMILES string of the molecule is Cc1ccccc1C(CCl)CCc1cnn(C)c1. The molecule has 0 aliphatic carbocycles. The van der Waals surface area contributed by atoms with Crippen LogP contribution in [-0.2, 0) is 13.5 Å². The van der Waals surface area contributed by atoms with Crippen molar-refractivity contribution < 1.29 is 0 Å². The quantitative estimate of drug-likeness (QED) is 0.752. The van der Waals surface area contributed by atoms with Crippen LogP contribution < -0.4 is 0 Å². The first-order chi connectivity index (χ1) is 8.70. The van der Waals surface area contributed by atoms with Crippen molar-refractivity contribution in [3.05, 3.63) is 53.3 Å². The van der Waals surface area contributed by atoms with Gasteiger partial charge in [-0.05, 0) is 42.4 Å². The standard InChI is InChI=1S/C15H19ClN2/c1-12-5-3-4-6-15(12)14(9-16)8-7-13-10-17-18(2)11-13/h3-6,10-11,14H,7-9H2,1-2H3. The van der Waals surface area contributed by atoms with Crippen LogP contribution in [0.25, 0.3) is 0 Å². The highest BCUT2D eigenvalue weighted by Gasteiger charge is 2.12. The highest BCUT2D eigenvalue weighted by Crippen LogP contribution is 2.25. The molecule has 0 fully saturated rings. The Labute approximate surface area is 114 Å². The zero-order valence-corrected chi connectivity index (χ0v) is 11.7. The van der Waals surface area contributed by atoms with E-state index in [0.29, 0.717) is 11.8 Å². The summed E-state index contributed by atoms with van der Waals surface area (Å²) in [4.78, 5) is 0. The predicted molar refractivity (Wildman–Crippen MR) is 76.2 cm³/mol. The zero-order valence-electron chi connectivity index (χ0n) is 10.9. The fourth-order valence-electron chi connectivity index (χ4n) is 2.30. The number of nitrogens with zero attached hydrogens (tertiary/aromatic N) is 2. The van der Waals surface area contributed by atoms with E-state index in [1.807, 2.05) is 17.9 Å². The number of hydrogen-bond donors (Lipinski definition) is 0. The zero-order chi connectivity index (χ0) is 13.0. The second kappa shape index (κ2) is 6.05. The van der Waals surface area contributed by atoms with E-state index in [9.17, 15) is 0 Å². The number of benzene rings is 1. The van der Waals surface area contributed by atoms with Crippen molar-refractivity contribution in [3.63, 3.8) is 0 Å². The average Bonchev–Trinajstić information content (AvgIpc) is 2.78. The number of halogens is 1. The van der Waals surface area contributed by atoms with Gasteiger partial charge in [-0.2, -0.15) is 5.10 Å². The lowest BCUT2D eigenvalue weighted by molar-refractivity contribution is 0.680. The lowest BCUT2D eigenvalue weighted by Gasteiger charge is -2.16. The van der Waals surface area contributed by atoms with E-state index in [4.69, 9.17) is 11.6 Å². The summed E-state index contributed by atoms with van der Waals surface area (Å²) in [6, 6.07) is 8.50. The van der Waals surface area contributed by atoms with E-state index in [-0.39, 0.29) is 0 Å². The third kappa shape index (κ3) is 3.14. The molecule has 0 aliphatic rings. The molecule has 0 saturated carbocycles. The van der Waals surface area contributed by atoms with Crippen LogP contribution >= 0.6 is 11.6 Å². The van der Waals surface area contributed by atoms with Gasteiger partial charge in [0.15, 0.2) is 0 Å². The van der Waals surface area contributed by atoms with Crippen molar-refractivity contribution in [1.82, 2.24) is 9.78 Å². The Hall–Kier alpha value is -1.28. The molecule has 1 heterocycles. The first-order valence-electron chi connectivity index (χ1n) is 6.29. The van der Waals surface area contributed by atoms with Crippen molar-refractivity contribution in [2.75, 3.05) is 5.88 Å². The van der Waals surface area contributed by atoms with Gasteiger partial charge in [-0.25, -0.2) is 0 Å². The molecule has 0 N–H and O–H groups in total. The van der Waals surface area contributed by atoms with Crippen molar-refractivity contribution in [2.24, 2.45) is 7.05 Å². The second-order valence-electron chi connectivity index (χ2n) is 4.77. The Bertz CT molecular complexity index is 505. The minimum Gasteiger partial charge on any atom is -0.276 e. The summed E-state index contributed by atoms with van der Waals surface area (Å²) < 4.78 is 1.85. The summed E-state index contributed by atoms with van der Waals surface area (Å²) in [5.74, 6) is 1.10. The maximum atomic E-state index is 6.12. The van der Waals surface area contributed by atoms with Crippen LogP contribution in [-0.4, -0.2) is 15.7 Å². The van der Waals surface area contributed by atoms with E-state index in [0.717, 1.165) is 12.8 Å². The normalized spacial score (nSPS) is 12.6. The first kappa shape index (κ1) is 13.2. The molecule has 1 aromatic heterocycles. The summed E-state index contributed by atoms with van der Waals surface area (Å²) in [5, 5.41) is 4.19. The molecular weight excluding hydrogens is 244 g/mol. The van der Waals surface area contributed by atoms with Gasteiger partial charge >= 0.3 is 0 Å². The second-order valence-corrected chi connectivity index (χ2v) is 5.08. The van der Waals surface area contributed by atoms with E-state index in [1.165, 1.54) is 16.7 Å². The molecule has 96 valence electrons. The predicted octanol–water partition coefficient (Wildman–Crippen LogP) is 3.68. The van der Waals surface area contributed by atoms with Gasteiger partial charge in [0.1, 0.15) is 0 Å². The lowest BCUT2D eigenvalue weighted by atomic mass is 9.91. The van der Waals surface area contributed by atoms with Gasteiger partial charge in [0.25, 0.3) is 0 Å². The van der Waals surface area contributed by atoms with Crippen molar-refractivity contribution in [3.8, 4) is 0 Å². The highest BCUT2D eigenvalue weighted by atomic mass is 35.5. The molecule has 1 atom stereocenters. The molecule has 3 heteroatoms. The van der Waals surface area contributed by atoms with Crippen LogP contribution in [0.15, 0.2) is 36.7 Å². The summed E-state index contributed by atoms with van der Waals surface area (Å²) >= 11 is 6.12. The molecule has 2 nitrogen and oxygen atoms in total. The minimum absolute atomic E-state index is 0.424. The van der Waals surface area contributed by atoms with Crippen molar-refractivity contribution in [2.45, 2.75) is 25.7 Å². The van der Waals surface area contributed by atoms with E-state index < -0.39 is 0 Å². The lowest BCUT2D eigenvalue weighted by Crippen LogP contribution is -2.04. The number of alkyl halides is 1. The van der Waals surface area contributed by atoms with Gasteiger partial charge in [0.2, 0.25) is 0 Å². The summed E-state index contributed by atoms with van der Waals surface area (Å²) in [6.07, 6.45) is 6.10. The Morgan fingerprint density at radius 1 is 1.33 bits per heavy atom. The van der Waals surface area contributed by atoms with Gasteiger partial charge in [-0.3, -0.25) is 4.68 Å². The van der Waals surface area contributed by atoms with Crippen LogP contribution in [0.2, 0.25) is 0 Å². The fourth-order valence-corrected chi connectivity index (χ4v) is 2.62. The number of rotatable bonds is 5. The van der Waals surface area contributed by atoms with E-state index >= 15 is 0 Å². The maximum Gasteiger partial charge on any atom is 0.0521 e. The monoisotopic (exact) mass is 262 g/mol. The van der Waals surface area contributed by atoms with Crippen LogP contribution in [0.4, 0.5) is 0 Å². The van der Waals surface area contributed by atoms with Crippen LogP contribution in [0.3, 0.4) is 0 Å². The molecule has 0 amide bonds. The largest absolute Gasteiger partial charge is 0.276 e. The van der Waals surface area contributed by atoms with Crippen LogP contribution in [0.1, 0.15) is 29.0 Å². The molecule has 0 radical (unpaired) electrons. The Kier molecular flexibility index (Phi) is 4.43. The fraction of sp³-hybridized carbons (Fsp3) is 0.400. The van der Waals surface area contributed by atoms with E-state index in [1.54, 1.807) is 0 Å². The number of hydrogen-bond acceptors (Lipinski definition) is 1. The number of aryl methyl sites for hydroxylation is 3. The average molecular weight is 263 g/mol. The molecule has 0 saturated heterocycles. The molecule has 1 unspecified atom stereocenters. The minimum atomic E-state index is 0.424. The highest BCUT2D eigenvalue weighted by molar-refractivity contribution is 6.18. The van der Waals surface area contributed by atoms with E-state index in [2.05, 4.69) is 42.5 Å².